The van der Waals surface area contributed by atoms with E-state index < -0.39 is 5.91 Å². The highest BCUT2D eigenvalue weighted by Gasteiger charge is 1.89. The summed E-state index contributed by atoms with van der Waals surface area (Å²) in [6.45, 7) is 1.22. The summed E-state index contributed by atoms with van der Waals surface area (Å²) >= 11 is 0. The minimum Gasteiger partial charge on any atom is -0.329 e. The van der Waals surface area contributed by atoms with Gasteiger partial charge < -0.3 is 11.1 Å². The summed E-state index contributed by atoms with van der Waals surface area (Å²) in [5.74, 6) is -0.599. The number of nitrogens with one attached hydrogen (secondary N) is 2. The van der Waals surface area contributed by atoms with Crippen molar-refractivity contribution in [1.82, 2.24) is 11.1 Å². The van der Waals surface area contributed by atoms with Crippen molar-refractivity contribution in [2.45, 2.75) is 0 Å². The zero-order valence-corrected chi connectivity index (χ0v) is 4.61. The van der Waals surface area contributed by atoms with Crippen molar-refractivity contribution in [3.63, 3.8) is 0 Å². The lowest BCUT2D eigenvalue weighted by Crippen LogP contribution is -2.28. The molecule has 8 heavy (non-hydrogen) atoms. The molecule has 0 aromatic carbocycles. The molecule has 4 N–H and O–H groups in total. The number of amides is 1. The average molecular weight is 116 g/mol. The van der Waals surface area contributed by atoms with Gasteiger partial charge in [0.25, 0.3) is 5.91 Å². The summed E-state index contributed by atoms with van der Waals surface area (Å²) in [7, 11) is 0. The molecule has 4 nitrogen and oxygen atoms in total. The van der Waals surface area contributed by atoms with Crippen LogP contribution in [0, 0.1) is 0 Å². The Balaban J connectivity index is 2.82. The molecule has 0 aromatic heterocycles. The number of hydrogen-bond acceptors (Lipinski definition) is 3. The molecule has 0 spiro atoms. The van der Waals surface area contributed by atoms with E-state index >= 15 is 0 Å². The van der Waals surface area contributed by atoms with Crippen LogP contribution in [0.1, 0.15) is 0 Å². The van der Waals surface area contributed by atoms with Crippen molar-refractivity contribution in [2.24, 2.45) is 5.73 Å². The molecule has 0 saturated carbocycles. The standard InChI is InChI=1S/C4H10N3O/c5-1-2-7-3-4(6)8/h6-7H,1-3,5H2. The van der Waals surface area contributed by atoms with E-state index in [2.05, 4.69) is 5.32 Å². The molecule has 0 rings (SSSR count). The smallest absolute Gasteiger partial charge is 0.252 e. The molecule has 0 atom stereocenters. The second kappa shape index (κ2) is 4.55. The quantitative estimate of drug-likeness (QED) is 0.432. The minimum absolute atomic E-state index is 0.108. The normalized spacial score (nSPS) is 9.12. The van der Waals surface area contributed by atoms with E-state index in [0.29, 0.717) is 13.1 Å². The van der Waals surface area contributed by atoms with E-state index in [-0.39, 0.29) is 6.54 Å². The largest absolute Gasteiger partial charge is 0.329 e. The third-order valence-corrected chi connectivity index (χ3v) is 0.607. The predicted octanol–water partition coefficient (Wildman–Crippen LogP) is -1.66. The summed E-state index contributed by atoms with van der Waals surface area (Å²) in [5.41, 5.74) is 11.5. The van der Waals surface area contributed by atoms with Gasteiger partial charge in [-0.25, -0.2) is 0 Å². The predicted molar refractivity (Wildman–Crippen MR) is 30.0 cm³/mol. The molecule has 1 radical (unpaired) electrons. The second-order valence-electron chi connectivity index (χ2n) is 1.39. The van der Waals surface area contributed by atoms with E-state index in [1.807, 2.05) is 0 Å². The van der Waals surface area contributed by atoms with Crippen molar-refractivity contribution in [1.29, 1.82) is 0 Å². The van der Waals surface area contributed by atoms with E-state index in [4.69, 9.17) is 11.5 Å². The van der Waals surface area contributed by atoms with E-state index in [9.17, 15) is 4.79 Å². The fourth-order valence-electron chi connectivity index (χ4n) is 0.304. The molecule has 0 aromatic rings. The Morgan fingerprint density at radius 1 is 1.75 bits per heavy atom. The molecular formula is C4H10N3O. The molecule has 0 fully saturated rings. The molecule has 0 aliphatic heterocycles. The Labute approximate surface area is 48.2 Å². The average Bonchev–Trinajstić information content (AvgIpc) is 1.66. The second-order valence-corrected chi connectivity index (χ2v) is 1.39. The molecule has 0 aliphatic rings. The minimum atomic E-state index is -0.599. The lowest BCUT2D eigenvalue weighted by molar-refractivity contribution is -0.117. The van der Waals surface area contributed by atoms with Gasteiger partial charge in [-0.05, 0) is 0 Å². The van der Waals surface area contributed by atoms with Crippen LogP contribution in [-0.2, 0) is 4.79 Å². The van der Waals surface area contributed by atoms with Gasteiger partial charge in [-0.3, -0.25) is 10.5 Å². The number of carbonyl (C=O) groups is 1. The maximum Gasteiger partial charge on any atom is 0.252 e. The van der Waals surface area contributed by atoms with Gasteiger partial charge in [0.05, 0.1) is 6.54 Å². The van der Waals surface area contributed by atoms with Gasteiger partial charge in [0.1, 0.15) is 0 Å². The van der Waals surface area contributed by atoms with Crippen LogP contribution in [0.25, 0.3) is 0 Å². The van der Waals surface area contributed by atoms with Gasteiger partial charge in [0.15, 0.2) is 0 Å². The number of carbonyl (C=O) groups excluding carboxylic acids is 1. The number of nitrogens with two attached hydrogens (primary N) is 1. The molecule has 0 saturated heterocycles. The molecule has 4 heteroatoms. The van der Waals surface area contributed by atoms with E-state index in [1.54, 1.807) is 0 Å². The zero-order valence-electron chi connectivity index (χ0n) is 4.61. The topological polar surface area (TPSA) is 78.9 Å². The van der Waals surface area contributed by atoms with Crippen LogP contribution in [-0.4, -0.2) is 25.5 Å². The Morgan fingerprint density at radius 2 is 2.38 bits per heavy atom. The maximum atomic E-state index is 9.88. The fourth-order valence-corrected chi connectivity index (χ4v) is 0.304. The summed E-state index contributed by atoms with van der Waals surface area (Å²) in [6, 6.07) is 0. The Hall–Kier alpha value is -0.610. The van der Waals surface area contributed by atoms with E-state index in [1.165, 1.54) is 0 Å². The lowest BCUT2D eigenvalue weighted by atomic mass is 10.5. The van der Waals surface area contributed by atoms with Crippen LogP contribution in [0.4, 0.5) is 0 Å². The van der Waals surface area contributed by atoms with Gasteiger partial charge in [-0.15, -0.1) is 0 Å². The van der Waals surface area contributed by atoms with Crippen LogP contribution in [0.5, 0.6) is 0 Å². The lowest BCUT2D eigenvalue weighted by Gasteiger charge is -1.94. The molecule has 47 valence electrons. The van der Waals surface area contributed by atoms with Crippen molar-refractivity contribution >= 4 is 5.91 Å². The third-order valence-electron chi connectivity index (χ3n) is 0.607. The van der Waals surface area contributed by atoms with Crippen molar-refractivity contribution in [3.05, 3.63) is 0 Å². The SMILES string of the molecule is [NH]C(=O)CNCCN. The molecule has 0 bridgehead atoms. The van der Waals surface area contributed by atoms with Gasteiger partial charge in [0, 0.05) is 13.1 Å². The van der Waals surface area contributed by atoms with Crippen molar-refractivity contribution in [3.8, 4) is 0 Å². The van der Waals surface area contributed by atoms with Crippen molar-refractivity contribution < 1.29 is 4.79 Å². The highest BCUT2D eigenvalue weighted by atomic mass is 16.1. The first-order valence-corrected chi connectivity index (χ1v) is 2.42. The van der Waals surface area contributed by atoms with Crippen LogP contribution < -0.4 is 16.8 Å². The summed E-state index contributed by atoms with van der Waals surface area (Å²) < 4.78 is 0. The molecule has 0 unspecified atom stereocenters. The van der Waals surface area contributed by atoms with Gasteiger partial charge >= 0.3 is 0 Å². The third kappa shape index (κ3) is 5.39. The first-order valence-electron chi connectivity index (χ1n) is 2.42. The van der Waals surface area contributed by atoms with Crippen molar-refractivity contribution in [2.75, 3.05) is 19.6 Å². The number of rotatable bonds is 4. The summed E-state index contributed by atoms with van der Waals surface area (Å²) in [4.78, 5) is 9.88. The Bertz CT molecular complexity index is 73.7. The molecule has 1 amide bonds. The first-order chi connectivity index (χ1) is 3.77. The highest BCUT2D eigenvalue weighted by molar-refractivity contribution is 5.75. The van der Waals surface area contributed by atoms with Gasteiger partial charge in [-0.1, -0.05) is 0 Å². The summed E-state index contributed by atoms with van der Waals surface area (Å²) in [6.07, 6.45) is 0. The molecular weight excluding hydrogens is 106 g/mol. The Morgan fingerprint density at radius 3 is 2.75 bits per heavy atom. The fraction of sp³-hybridized carbons (Fsp3) is 0.750. The molecule has 0 heterocycles. The van der Waals surface area contributed by atoms with Crippen LogP contribution in [0.15, 0.2) is 0 Å². The molecule has 0 aliphatic carbocycles. The zero-order chi connectivity index (χ0) is 6.41. The summed E-state index contributed by atoms with van der Waals surface area (Å²) in [5, 5.41) is 2.67. The van der Waals surface area contributed by atoms with Crippen LogP contribution in [0.3, 0.4) is 0 Å². The van der Waals surface area contributed by atoms with Crippen LogP contribution in [0.2, 0.25) is 0 Å². The monoisotopic (exact) mass is 116 g/mol. The van der Waals surface area contributed by atoms with Gasteiger partial charge in [0.2, 0.25) is 0 Å². The highest BCUT2D eigenvalue weighted by Crippen LogP contribution is 1.55. The Kier molecular flexibility index (Phi) is 4.20. The van der Waals surface area contributed by atoms with Gasteiger partial charge in [-0.2, -0.15) is 0 Å². The van der Waals surface area contributed by atoms with Crippen LogP contribution >= 0.6 is 0 Å². The van der Waals surface area contributed by atoms with E-state index in [0.717, 1.165) is 0 Å². The maximum absolute atomic E-state index is 9.88. The number of hydrogen-bond donors (Lipinski definition) is 2. The first kappa shape index (κ1) is 7.39.